The molecule has 2 aromatic rings. The Bertz CT molecular complexity index is 1060. The molecule has 7 heteroatoms. The molecule has 2 N–H and O–H groups in total. The van der Waals surface area contributed by atoms with Gasteiger partial charge in [-0.1, -0.05) is 0 Å². The number of halogens is 1. The summed E-state index contributed by atoms with van der Waals surface area (Å²) in [6.45, 7) is 11.6. The van der Waals surface area contributed by atoms with Crippen LogP contribution in [0, 0.1) is 26.6 Å². The van der Waals surface area contributed by atoms with Crippen LogP contribution < -0.4 is 21.1 Å². The van der Waals surface area contributed by atoms with Crippen molar-refractivity contribution in [1.82, 2.24) is 15.2 Å². The fourth-order valence-electron chi connectivity index (χ4n) is 4.72. The lowest BCUT2D eigenvalue weighted by Gasteiger charge is -2.39. The molecule has 1 aliphatic heterocycles. The van der Waals surface area contributed by atoms with E-state index >= 15 is 0 Å². The van der Waals surface area contributed by atoms with Gasteiger partial charge in [0.1, 0.15) is 5.82 Å². The summed E-state index contributed by atoms with van der Waals surface area (Å²) in [6.07, 6.45) is 1.95. The van der Waals surface area contributed by atoms with Crippen molar-refractivity contribution in [3.8, 4) is 0 Å². The third-order valence-electron chi connectivity index (χ3n) is 6.70. The molecule has 1 unspecified atom stereocenters. The van der Waals surface area contributed by atoms with Gasteiger partial charge in [-0.25, -0.2) is 4.39 Å². The maximum Gasteiger partial charge on any atom is 0.255 e. The summed E-state index contributed by atoms with van der Waals surface area (Å²) < 4.78 is 16.2. The topological polar surface area (TPSA) is 66.4 Å². The van der Waals surface area contributed by atoms with Crippen molar-refractivity contribution >= 4 is 11.6 Å². The van der Waals surface area contributed by atoms with Crippen molar-refractivity contribution in [1.29, 1.82) is 0 Å². The fraction of sp³-hybridized carbons (Fsp3) is 0.520. The van der Waals surface area contributed by atoms with Gasteiger partial charge in [-0.05, 0) is 83.3 Å². The Morgan fingerprint density at radius 1 is 1.28 bits per heavy atom. The molecule has 1 aliphatic rings. The summed E-state index contributed by atoms with van der Waals surface area (Å²) in [5, 5.41) is 6.29. The number of benzene rings is 1. The zero-order valence-corrected chi connectivity index (χ0v) is 20.0. The van der Waals surface area contributed by atoms with Gasteiger partial charge >= 0.3 is 0 Å². The van der Waals surface area contributed by atoms with Gasteiger partial charge in [0.2, 0.25) is 0 Å². The Kier molecular flexibility index (Phi) is 7.39. The predicted molar refractivity (Wildman–Crippen MR) is 127 cm³/mol. The average molecular weight is 443 g/mol. The van der Waals surface area contributed by atoms with Crippen molar-refractivity contribution in [2.24, 2.45) is 7.05 Å². The highest BCUT2D eigenvalue weighted by molar-refractivity contribution is 5.97. The molecule has 1 fully saturated rings. The lowest BCUT2D eigenvalue weighted by atomic mass is 9.96. The Morgan fingerprint density at radius 2 is 2.00 bits per heavy atom. The SMILES string of the molecule is CCN(c1cc(F)cc(C(=O)NCc2c(C)cc(C)n(C)c2=O)c1C)C1CCN[C@H](C)C1. The van der Waals surface area contributed by atoms with E-state index in [1.165, 1.54) is 12.1 Å². The summed E-state index contributed by atoms with van der Waals surface area (Å²) in [7, 11) is 1.71. The number of nitrogens with one attached hydrogen (secondary N) is 2. The fourth-order valence-corrected chi connectivity index (χ4v) is 4.72. The molecule has 3 rings (SSSR count). The van der Waals surface area contributed by atoms with Gasteiger partial charge in [-0.3, -0.25) is 9.59 Å². The quantitative estimate of drug-likeness (QED) is 0.720. The lowest BCUT2D eigenvalue weighted by molar-refractivity contribution is 0.0949. The minimum absolute atomic E-state index is 0.103. The first-order valence-electron chi connectivity index (χ1n) is 11.4. The zero-order valence-electron chi connectivity index (χ0n) is 20.0. The van der Waals surface area contributed by atoms with E-state index in [-0.39, 0.29) is 18.0 Å². The molecule has 2 heterocycles. The zero-order chi connectivity index (χ0) is 23.6. The highest BCUT2D eigenvalue weighted by Gasteiger charge is 2.26. The van der Waals surface area contributed by atoms with Crippen molar-refractivity contribution in [3.63, 3.8) is 0 Å². The summed E-state index contributed by atoms with van der Waals surface area (Å²) in [5.74, 6) is -0.807. The maximum atomic E-state index is 14.6. The van der Waals surface area contributed by atoms with Gasteiger partial charge in [0.15, 0.2) is 0 Å². The largest absolute Gasteiger partial charge is 0.368 e. The van der Waals surface area contributed by atoms with Gasteiger partial charge in [0.25, 0.3) is 11.5 Å². The molecule has 1 aromatic carbocycles. The molecule has 0 radical (unpaired) electrons. The molecule has 6 nitrogen and oxygen atoms in total. The van der Waals surface area contributed by atoms with Gasteiger partial charge < -0.3 is 20.1 Å². The number of hydrogen-bond acceptors (Lipinski definition) is 4. The minimum atomic E-state index is -0.432. The third kappa shape index (κ3) is 4.88. The number of rotatable bonds is 6. The number of aromatic nitrogens is 1. The van der Waals surface area contributed by atoms with Crippen molar-refractivity contribution in [2.45, 2.75) is 66.1 Å². The molecule has 0 aliphatic carbocycles. The van der Waals surface area contributed by atoms with Gasteiger partial charge in [-0.2, -0.15) is 0 Å². The Balaban J connectivity index is 1.87. The molecular weight excluding hydrogens is 407 g/mol. The number of amides is 1. The number of piperidine rings is 1. The van der Waals surface area contributed by atoms with Gasteiger partial charge in [-0.15, -0.1) is 0 Å². The highest BCUT2D eigenvalue weighted by Crippen LogP contribution is 2.29. The van der Waals surface area contributed by atoms with Crippen molar-refractivity contribution < 1.29 is 9.18 Å². The molecule has 32 heavy (non-hydrogen) atoms. The van der Waals surface area contributed by atoms with Crippen LogP contribution in [0.25, 0.3) is 0 Å². The van der Waals surface area contributed by atoms with Gasteiger partial charge in [0, 0.05) is 54.7 Å². The number of pyridine rings is 1. The van der Waals surface area contributed by atoms with Crippen LogP contribution in [-0.2, 0) is 13.6 Å². The number of carbonyl (C=O) groups is 1. The Labute approximate surface area is 189 Å². The molecule has 1 amide bonds. The summed E-state index contributed by atoms with van der Waals surface area (Å²) >= 11 is 0. The first-order valence-corrected chi connectivity index (χ1v) is 11.4. The standard InChI is InChI=1S/C25H35FN4O2/c1-7-30(20-8-9-27-16(3)11-20)23-13-19(26)12-21(18(23)5)24(31)28-14-22-15(2)10-17(4)29(6)25(22)32/h10,12-13,16,20,27H,7-9,11,14H2,1-6H3,(H,28,31)/t16-,20?/m1/s1. The summed E-state index contributed by atoms with van der Waals surface area (Å²) in [5.41, 5.74) is 3.93. The number of carbonyl (C=O) groups excluding carboxylic acids is 1. The van der Waals surface area contributed by atoms with Crippen LogP contribution in [0.3, 0.4) is 0 Å². The number of nitrogens with zero attached hydrogens (tertiary/aromatic N) is 2. The van der Waals surface area contributed by atoms with Crippen LogP contribution in [-0.4, -0.2) is 35.6 Å². The van der Waals surface area contributed by atoms with E-state index in [0.29, 0.717) is 23.2 Å². The molecule has 0 bridgehead atoms. The average Bonchev–Trinajstić information content (AvgIpc) is 2.74. The summed E-state index contributed by atoms with van der Waals surface area (Å²) in [4.78, 5) is 27.9. The van der Waals surface area contributed by atoms with Crippen LogP contribution in [0.1, 0.15) is 59.4 Å². The van der Waals surface area contributed by atoms with E-state index in [9.17, 15) is 14.0 Å². The first kappa shape index (κ1) is 24.0. The van der Waals surface area contributed by atoms with E-state index in [1.807, 2.05) is 26.8 Å². The molecule has 0 spiro atoms. The van der Waals surface area contributed by atoms with E-state index in [4.69, 9.17) is 0 Å². The molecule has 1 aromatic heterocycles. The number of anilines is 1. The number of aryl methyl sites for hydroxylation is 2. The first-order chi connectivity index (χ1) is 15.1. The second kappa shape index (κ2) is 9.86. The van der Waals surface area contributed by atoms with E-state index in [0.717, 1.165) is 48.4 Å². The van der Waals surface area contributed by atoms with Gasteiger partial charge in [0.05, 0.1) is 0 Å². The third-order valence-corrected chi connectivity index (χ3v) is 6.70. The molecule has 0 saturated carbocycles. The molecule has 2 atom stereocenters. The highest BCUT2D eigenvalue weighted by atomic mass is 19.1. The van der Waals surface area contributed by atoms with E-state index < -0.39 is 5.82 Å². The second-order valence-corrected chi connectivity index (χ2v) is 8.91. The smallest absolute Gasteiger partial charge is 0.255 e. The monoisotopic (exact) mass is 442 g/mol. The van der Waals surface area contributed by atoms with Crippen LogP contribution in [0.15, 0.2) is 23.0 Å². The van der Waals surface area contributed by atoms with Crippen LogP contribution in [0.4, 0.5) is 10.1 Å². The molecular formula is C25H35FN4O2. The van der Waals surface area contributed by atoms with E-state index in [1.54, 1.807) is 11.6 Å². The lowest BCUT2D eigenvalue weighted by Crippen LogP contribution is -2.47. The van der Waals surface area contributed by atoms with Crippen LogP contribution >= 0.6 is 0 Å². The summed E-state index contributed by atoms with van der Waals surface area (Å²) in [6, 6.07) is 5.44. The van der Waals surface area contributed by atoms with Crippen molar-refractivity contribution in [2.75, 3.05) is 18.0 Å². The molecule has 1 saturated heterocycles. The Morgan fingerprint density at radius 3 is 2.66 bits per heavy atom. The molecule has 174 valence electrons. The minimum Gasteiger partial charge on any atom is -0.368 e. The second-order valence-electron chi connectivity index (χ2n) is 8.91. The maximum absolute atomic E-state index is 14.6. The van der Waals surface area contributed by atoms with Crippen LogP contribution in [0.5, 0.6) is 0 Å². The Hall–Kier alpha value is -2.67. The number of hydrogen-bond donors (Lipinski definition) is 2. The van der Waals surface area contributed by atoms with Crippen LogP contribution in [0.2, 0.25) is 0 Å². The van der Waals surface area contributed by atoms with E-state index in [2.05, 4.69) is 29.4 Å². The van der Waals surface area contributed by atoms with Crippen molar-refractivity contribution in [3.05, 3.63) is 62.3 Å². The predicted octanol–water partition coefficient (Wildman–Crippen LogP) is 3.35. The normalized spacial score (nSPS) is 18.5.